The molecule has 2 N–H and O–H groups in total. The minimum atomic E-state index is -0.350. The van der Waals surface area contributed by atoms with Crippen molar-refractivity contribution in [1.82, 2.24) is 5.32 Å². The maximum Gasteiger partial charge on any atom is 0.337 e. The second-order valence-electron chi connectivity index (χ2n) is 3.97. The minimum Gasteiger partial charge on any atom is -0.465 e. The Kier molecular flexibility index (Phi) is 6.32. The van der Waals surface area contributed by atoms with Gasteiger partial charge in [0.2, 0.25) is 0 Å². The molecule has 0 bridgehead atoms. The molecular weight excluding hydrogens is 298 g/mol. The average Bonchev–Trinajstić information content (AvgIpc) is 2.40. The first kappa shape index (κ1) is 15.1. The van der Waals surface area contributed by atoms with Crippen molar-refractivity contribution in [2.45, 2.75) is 25.9 Å². The van der Waals surface area contributed by atoms with Gasteiger partial charge >= 0.3 is 5.97 Å². The van der Waals surface area contributed by atoms with Crippen LogP contribution in [-0.4, -0.2) is 30.8 Å². The minimum absolute atomic E-state index is 0.0946. The summed E-state index contributed by atoms with van der Waals surface area (Å²) in [6.45, 7) is 2.78. The lowest BCUT2D eigenvalue weighted by Gasteiger charge is -2.15. The van der Waals surface area contributed by atoms with Crippen molar-refractivity contribution in [1.29, 1.82) is 0 Å². The fourth-order valence-corrected chi connectivity index (χ4v) is 2.05. The fraction of sp³-hybridized carbons (Fsp3) is 0.462. The number of hydrogen-bond donors (Lipinski definition) is 2. The van der Waals surface area contributed by atoms with Gasteiger partial charge in [0.25, 0.3) is 0 Å². The van der Waals surface area contributed by atoms with E-state index in [0.717, 1.165) is 16.5 Å². The summed E-state index contributed by atoms with van der Waals surface area (Å²) in [5, 5.41) is 12.3. The molecule has 0 saturated heterocycles. The quantitative estimate of drug-likeness (QED) is 0.789. The zero-order chi connectivity index (χ0) is 13.5. The molecule has 1 aromatic carbocycles. The Morgan fingerprint density at radius 2 is 2.28 bits per heavy atom. The summed E-state index contributed by atoms with van der Waals surface area (Å²) in [7, 11) is 1.36. The Morgan fingerprint density at radius 3 is 2.78 bits per heavy atom. The summed E-state index contributed by atoms with van der Waals surface area (Å²) in [5.74, 6) is -0.350. The van der Waals surface area contributed by atoms with Crippen molar-refractivity contribution in [2.75, 3.05) is 13.7 Å². The summed E-state index contributed by atoms with van der Waals surface area (Å²) >= 11 is 3.43. The maximum absolute atomic E-state index is 11.3. The van der Waals surface area contributed by atoms with Gasteiger partial charge in [0.05, 0.1) is 19.3 Å². The Balaban J connectivity index is 2.71. The predicted octanol–water partition coefficient (Wildman–Crippen LogP) is 2.10. The first-order valence-corrected chi connectivity index (χ1v) is 6.62. The van der Waals surface area contributed by atoms with E-state index < -0.39 is 0 Å². The second-order valence-corrected chi connectivity index (χ2v) is 4.82. The van der Waals surface area contributed by atoms with Gasteiger partial charge in [-0.1, -0.05) is 28.9 Å². The van der Waals surface area contributed by atoms with Gasteiger partial charge in [-0.15, -0.1) is 0 Å². The molecule has 1 rings (SSSR count). The molecule has 0 heterocycles. The molecule has 0 aliphatic rings. The lowest BCUT2D eigenvalue weighted by molar-refractivity contribution is 0.0600. The number of hydrogen-bond acceptors (Lipinski definition) is 4. The largest absolute Gasteiger partial charge is 0.465 e. The van der Waals surface area contributed by atoms with E-state index in [4.69, 9.17) is 5.11 Å². The first-order chi connectivity index (χ1) is 8.62. The number of nitrogens with one attached hydrogen (secondary N) is 1. The zero-order valence-corrected chi connectivity index (χ0v) is 12.2. The summed E-state index contributed by atoms with van der Waals surface area (Å²) in [4.78, 5) is 11.3. The number of aliphatic hydroxyl groups is 1. The van der Waals surface area contributed by atoms with Gasteiger partial charge in [0.15, 0.2) is 0 Å². The van der Waals surface area contributed by atoms with Crippen LogP contribution >= 0.6 is 15.9 Å². The highest BCUT2D eigenvalue weighted by Crippen LogP contribution is 2.19. The van der Waals surface area contributed by atoms with Gasteiger partial charge in [0, 0.05) is 17.1 Å². The van der Waals surface area contributed by atoms with Crippen molar-refractivity contribution >= 4 is 21.9 Å². The van der Waals surface area contributed by atoms with Gasteiger partial charge in [-0.2, -0.15) is 0 Å². The van der Waals surface area contributed by atoms with E-state index in [1.54, 1.807) is 12.1 Å². The standard InChI is InChI=1S/C13H18BrNO3/c1-3-11(8-16)15-7-10-5-4-9(6-12(10)14)13(17)18-2/h4-6,11,15-16H,3,7-8H2,1-2H3/t11-/m0/s1. The number of aliphatic hydroxyl groups excluding tert-OH is 1. The van der Waals surface area contributed by atoms with E-state index in [1.165, 1.54) is 7.11 Å². The predicted molar refractivity (Wildman–Crippen MR) is 73.5 cm³/mol. The van der Waals surface area contributed by atoms with Crippen molar-refractivity contribution < 1.29 is 14.6 Å². The molecule has 0 unspecified atom stereocenters. The number of ether oxygens (including phenoxy) is 1. The van der Waals surface area contributed by atoms with E-state index >= 15 is 0 Å². The van der Waals surface area contributed by atoms with Crippen molar-refractivity contribution in [2.24, 2.45) is 0 Å². The Hall–Kier alpha value is -0.910. The van der Waals surface area contributed by atoms with Crippen LogP contribution in [0.15, 0.2) is 22.7 Å². The lowest BCUT2D eigenvalue weighted by atomic mass is 10.1. The number of benzene rings is 1. The van der Waals surface area contributed by atoms with Gasteiger partial charge in [0.1, 0.15) is 0 Å². The van der Waals surface area contributed by atoms with Crippen LogP contribution in [0.2, 0.25) is 0 Å². The number of carbonyl (C=O) groups is 1. The van der Waals surface area contributed by atoms with Crippen LogP contribution in [0, 0.1) is 0 Å². The smallest absolute Gasteiger partial charge is 0.337 e. The highest BCUT2D eigenvalue weighted by atomic mass is 79.9. The molecule has 0 aromatic heterocycles. The monoisotopic (exact) mass is 315 g/mol. The Labute approximate surface area is 115 Å². The van der Waals surface area contributed by atoms with Crippen LogP contribution in [0.1, 0.15) is 29.3 Å². The number of carbonyl (C=O) groups excluding carboxylic acids is 1. The molecule has 0 spiro atoms. The third-order valence-electron chi connectivity index (χ3n) is 2.77. The molecule has 1 atom stereocenters. The number of esters is 1. The van der Waals surface area contributed by atoms with Crippen LogP contribution in [0.4, 0.5) is 0 Å². The van der Waals surface area contributed by atoms with E-state index in [2.05, 4.69) is 26.0 Å². The Morgan fingerprint density at radius 1 is 1.56 bits per heavy atom. The highest BCUT2D eigenvalue weighted by molar-refractivity contribution is 9.10. The average molecular weight is 316 g/mol. The van der Waals surface area contributed by atoms with Gasteiger partial charge in [-0.05, 0) is 24.1 Å². The molecule has 0 amide bonds. The fourth-order valence-electron chi connectivity index (χ4n) is 1.53. The SMILES string of the molecule is CC[C@@H](CO)NCc1ccc(C(=O)OC)cc1Br. The molecular formula is C13H18BrNO3. The van der Waals surface area contributed by atoms with E-state index in [-0.39, 0.29) is 18.6 Å². The molecule has 0 fully saturated rings. The second kappa shape index (κ2) is 7.51. The number of halogens is 1. The van der Waals surface area contributed by atoms with Gasteiger partial charge < -0.3 is 15.2 Å². The third kappa shape index (κ3) is 4.08. The van der Waals surface area contributed by atoms with Gasteiger partial charge in [-0.3, -0.25) is 0 Å². The summed E-state index contributed by atoms with van der Waals surface area (Å²) in [6, 6.07) is 5.43. The number of methoxy groups -OCH3 is 1. The van der Waals surface area contributed by atoms with Crippen molar-refractivity contribution in [3.8, 4) is 0 Å². The van der Waals surface area contributed by atoms with Crippen LogP contribution < -0.4 is 5.32 Å². The molecule has 0 aliphatic heterocycles. The summed E-state index contributed by atoms with van der Waals surface area (Å²) in [6.07, 6.45) is 0.869. The zero-order valence-electron chi connectivity index (χ0n) is 10.6. The third-order valence-corrected chi connectivity index (χ3v) is 3.51. The van der Waals surface area contributed by atoms with Crippen LogP contribution in [0.25, 0.3) is 0 Å². The van der Waals surface area contributed by atoms with Gasteiger partial charge in [-0.25, -0.2) is 4.79 Å². The normalized spacial score (nSPS) is 12.2. The van der Waals surface area contributed by atoms with Crippen LogP contribution in [-0.2, 0) is 11.3 Å². The van der Waals surface area contributed by atoms with E-state index in [1.807, 2.05) is 13.0 Å². The molecule has 18 heavy (non-hydrogen) atoms. The van der Waals surface area contributed by atoms with Crippen LogP contribution in [0.3, 0.4) is 0 Å². The molecule has 1 aromatic rings. The topological polar surface area (TPSA) is 58.6 Å². The Bertz CT molecular complexity index is 405. The molecule has 4 nitrogen and oxygen atoms in total. The van der Waals surface area contributed by atoms with Crippen molar-refractivity contribution in [3.63, 3.8) is 0 Å². The van der Waals surface area contributed by atoms with E-state index in [0.29, 0.717) is 12.1 Å². The summed E-state index contributed by atoms with van der Waals surface area (Å²) in [5.41, 5.74) is 1.55. The molecule has 0 saturated carbocycles. The molecule has 100 valence electrons. The summed E-state index contributed by atoms with van der Waals surface area (Å²) < 4.78 is 5.51. The molecule has 0 radical (unpaired) electrons. The maximum atomic E-state index is 11.3. The molecule has 5 heteroatoms. The highest BCUT2D eigenvalue weighted by Gasteiger charge is 2.09. The van der Waals surface area contributed by atoms with E-state index in [9.17, 15) is 4.79 Å². The lowest BCUT2D eigenvalue weighted by Crippen LogP contribution is -2.31. The van der Waals surface area contributed by atoms with Crippen molar-refractivity contribution in [3.05, 3.63) is 33.8 Å². The molecule has 0 aliphatic carbocycles. The van der Waals surface area contributed by atoms with Crippen LogP contribution in [0.5, 0.6) is 0 Å². The number of rotatable bonds is 6. The first-order valence-electron chi connectivity index (χ1n) is 5.83.